The van der Waals surface area contributed by atoms with Crippen LogP contribution in [0.15, 0.2) is 24.3 Å². The monoisotopic (exact) mass is 138 g/mol. The van der Waals surface area contributed by atoms with E-state index in [1.165, 1.54) is 18.2 Å². The molecule has 0 radical (unpaired) electrons. The molecule has 0 aromatic carbocycles. The van der Waals surface area contributed by atoms with Gasteiger partial charge in [-0.15, -0.1) is 0 Å². The zero-order valence-corrected chi connectivity index (χ0v) is 5.91. The minimum absolute atomic E-state index is 0.0653. The first kappa shape index (κ1) is 8.82. The molecule has 0 saturated heterocycles. The third-order valence-electron chi connectivity index (χ3n) is 0.931. The van der Waals surface area contributed by atoms with E-state index in [1.54, 1.807) is 13.0 Å². The zero-order chi connectivity index (χ0) is 7.82. The zero-order valence-electron chi connectivity index (χ0n) is 5.91. The molecule has 0 N–H and O–H groups in total. The van der Waals surface area contributed by atoms with Crippen LogP contribution >= 0.6 is 0 Å². The molecule has 0 rings (SSSR count). The van der Waals surface area contributed by atoms with E-state index in [9.17, 15) is 9.59 Å². The Balaban J connectivity index is 3.65. The maximum atomic E-state index is 10.6. The summed E-state index contributed by atoms with van der Waals surface area (Å²) >= 11 is 0. The minimum Gasteiger partial charge on any atom is -0.299 e. The number of carbonyl (C=O) groups excluding carboxylic acids is 2. The Morgan fingerprint density at radius 1 is 1.30 bits per heavy atom. The highest BCUT2D eigenvalue weighted by Crippen LogP contribution is 1.83. The summed E-state index contributed by atoms with van der Waals surface area (Å²) in [6.07, 6.45) is 7.03. The van der Waals surface area contributed by atoms with Crippen LogP contribution in [-0.2, 0) is 9.59 Å². The summed E-state index contributed by atoms with van der Waals surface area (Å²) in [5, 5.41) is 0. The highest BCUT2D eigenvalue weighted by molar-refractivity contribution is 5.89. The number of ketones is 1. The largest absolute Gasteiger partial charge is 0.299 e. The fourth-order valence-electron chi connectivity index (χ4n) is 0.390. The van der Waals surface area contributed by atoms with E-state index >= 15 is 0 Å². The van der Waals surface area contributed by atoms with Crippen molar-refractivity contribution in [3.05, 3.63) is 24.3 Å². The number of carbonyl (C=O) groups is 2. The Hall–Kier alpha value is -1.18. The smallest absolute Gasteiger partial charge is 0.155 e. The molecular formula is C8H10O2. The van der Waals surface area contributed by atoms with Gasteiger partial charge in [-0.2, -0.15) is 0 Å². The number of aldehydes is 1. The number of hydrogen-bond acceptors (Lipinski definition) is 2. The van der Waals surface area contributed by atoms with Crippen molar-refractivity contribution >= 4 is 12.1 Å². The molecule has 54 valence electrons. The Bertz CT molecular complexity index is 166. The van der Waals surface area contributed by atoms with Crippen LogP contribution in [0.4, 0.5) is 0 Å². The SMILES string of the molecule is CCC(=O)C=CC=CC=O. The lowest BCUT2D eigenvalue weighted by molar-refractivity contribution is -0.114. The molecule has 0 aliphatic heterocycles. The molecule has 0 spiro atoms. The lowest BCUT2D eigenvalue weighted by atomic mass is 10.3. The summed E-state index contributed by atoms with van der Waals surface area (Å²) in [5.41, 5.74) is 0. The van der Waals surface area contributed by atoms with Crippen molar-refractivity contribution in [2.24, 2.45) is 0 Å². The molecule has 0 heterocycles. The first-order chi connectivity index (χ1) is 4.81. The van der Waals surface area contributed by atoms with Gasteiger partial charge in [0.25, 0.3) is 0 Å². The van der Waals surface area contributed by atoms with E-state index in [4.69, 9.17) is 0 Å². The van der Waals surface area contributed by atoms with Crippen LogP contribution < -0.4 is 0 Å². The molecule has 0 aromatic rings. The second-order valence-electron chi connectivity index (χ2n) is 1.70. The van der Waals surface area contributed by atoms with Crippen molar-refractivity contribution in [3.63, 3.8) is 0 Å². The minimum atomic E-state index is 0.0653. The maximum absolute atomic E-state index is 10.6. The number of rotatable bonds is 4. The maximum Gasteiger partial charge on any atom is 0.155 e. The van der Waals surface area contributed by atoms with Crippen molar-refractivity contribution in [2.45, 2.75) is 13.3 Å². The molecule has 0 aliphatic rings. The fourth-order valence-corrected chi connectivity index (χ4v) is 0.390. The van der Waals surface area contributed by atoms with Crippen molar-refractivity contribution < 1.29 is 9.59 Å². The van der Waals surface area contributed by atoms with Gasteiger partial charge in [0.1, 0.15) is 6.29 Å². The summed E-state index contributed by atoms with van der Waals surface area (Å²) in [5.74, 6) is 0.0653. The van der Waals surface area contributed by atoms with Gasteiger partial charge >= 0.3 is 0 Å². The van der Waals surface area contributed by atoms with Gasteiger partial charge < -0.3 is 0 Å². The van der Waals surface area contributed by atoms with Crippen LogP contribution in [0.1, 0.15) is 13.3 Å². The normalized spacial score (nSPS) is 10.9. The lowest BCUT2D eigenvalue weighted by Crippen LogP contribution is -1.85. The van der Waals surface area contributed by atoms with Crippen molar-refractivity contribution in [3.8, 4) is 0 Å². The molecule has 2 nitrogen and oxygen atoms in total. The summed E-state index contributed by atoms with van der Waals surface area (Å²) in [4.78, 5) is 20.3. The Labute approximate surface area is 60.2 Å². The predicted octanol–water partition coefficient (Wildman–Crippen LogP) is 1.28. The Morgan fingerprint density at radius 3 is 2.50 bits per heavy atom. The molecule has 0 saturated carbocycles. The molecule has 10 heavy (non-hydrogen) atoms. The number of hydrogen-bond donors (Lipinski definition) is 0. The summed E-state index contributed by atoms with van der Waals surface area (Å²) in [6.45, 7) is 1.79. The quantitative estimate of drug-likeness (QED) is 0.333. The second-order valence-corrected chi connectivity index (χ2v) is 1.70. The van der Waals surface area contributed by atoms with E-state index in [0.29, 0.717) is 12.7 Å². The second kappa shape index (κ2) is 5.95. The molecular weight excluding hydrogens is 128 g/mol. The molecule has 0 amide bonds. The average molecular weight is 138 g/mol. The van der Waals surface area contributed by atoms with Crippen LogP contribution in [0.5, 0.6) is 0 Å². The lowest BCUT2D eigenvalue weighted by Gasteiger charge is -1.79. The van der Waals surface area contributed by atoms with E-state index in [1.807, 2.05) is 0 Å². The van der Waals surface area contributed by atoms with E-state index < -0.39 is 0 Å². The van der Waals surface area contributed by atoms with Crippen molar-refractivity contribution in [1.29, 1.82) is 0 Å². The molecule has 0 atom stereocenters. The van der Waals surface area contributed by atoms with Crippen LogP contribution in [0.3, 0.4) is 0 Å². The van der Waals surface area contributed by atoms with E-state index in [2.05, 4.69) is 0 Å². The average Bonchev–Trinajstić information content (AvgIpc) is 1.98. The standard InChI is InChI=1S/C8H10O2/c1-2-8(10)6-4-3-5-7-9/h3-7H,2H2,1H3. The van der Waals surface area contributed by atoms with Crippen LogP contribution in [0.25, 0.3) is 0 Å². The predicted molar refractivity (Wildman–Crippen MR) is 39.6 cm³/mol. The third-order valence-corrected chi connectivity index (χ3v) is 0.931. The fraction of sp³-hybridized carbons (Fsp3) is 0.250. The first-order valence-electron chi connectivity index (χ1n) is 3.12. The molecule has 2 heteroatoms. The van der Waals surface area contributed by atoms with Crippen LogP contribution in [0.2, 0.25) is 0 Å². The molecule has 0 fully saturated rings. The third kappa shape index (κ3) is 4.97. The molecule has 0 aliphatic carbocycles. The van der Waals surface area contributed by atoms with Gasteiger partial charge in [0, 0.05) is 6.42 Å². The Morgan fingerprint density at radius 2 is 2.00 bits per heavy atom. The number of allylic oxidation sites excluding steroid dienone is 4. The topological polar surface area (TPSA) is 34.1 Å². The van der Waals surface area contributed by atoms with Gasteiger partial charge in [0.05, 0.1) is 0 Å². The van der Waals surface area contributed by atoms with Gasteiger partial charge in [-0.05, 0) is 12.2 Å². The van der Waals surface area contributed by atoms with Crippen molar-refractivity contribution in [1.82, 2.24) is 0 Å². The first-order valence-corrected chi connectivity index (χ1v) is 3.12. The summed E-state index contributed by atoms with van der Waals surface area (Å²) < 4.78 is 0. The van der Waals surface area contributed by atoms with Gasteiger partial charge in [-0.25, -0.2) is 0 Å². The van der Waals surface area contributed by atoms with Crippen LogP contribution in [0, 0.1) is 0 Å². The van der Waals surface area contributed by atoms with Gasteiger partial charge in [0.2, 0.25) is 0 Å². The summed E-state index contributed by atoms with van der Waals surface area (Å²) in [6, 6.07) is 0. The van der Waals surface area contributed by atoms with Gasteiger partial charge in [-0.1, -0.05) is 19.1 Å². The van der Waals surface area contributed by atoms with Gasteiger partial charge in [-0.3, -0.25) is 9.59 Å². The molecule has 0 bridgehead atoms. The highest BCUT2D eigenvalue weighted by Gasteiger charge is 1.85. The summed E-state index contributed by atoms with van der Waals surface area (Å²) in [7, 11) is 0. The molecule has 0 unspecified atom stereocenters. The van der Waals surface area contributed by atoms with Gasteiger partial charge in [0.15, 0.2) is 5.78 Å². The highest BCUT2D eigenvalue weighted by atomic mass is 16.1. The van der Waals surface area contributed by atoms with Crippen molar-refractivity contribution in [2.75, 3.05) is 0 Å². The molecule has 0 aromatic heterocycles. The van der Waals surface area contributed by atoms with Crippen LogP contribution in [-0.4, -0.2) is 12.1 Å². The van der Waals surface area contributed by atoms with E-state index in [0.717, 1.165) is 0 Å². The van der Waals surface area contributed by atoms with E-state index in [-0.39, 0.29) is 5.78 Å². The Kier molecular flexibility index (Phi) is 5.25.